The predicted octanol–water partition coefficient (Wildman–Crippen LogP) is 3.40. The number of ether oxygens (including phenoxy) is 2. The molecule has 5 nitrogen and oxygen atoms in total. The molecule has 5 heteroatoms. The number of nitrogens with one attached hydrogen (secondary N) is 1. The van der Waals surface area contributed by atoms with Crippen molar-refractivity contribution in [3.63, 3.8) is 0 Å². The molecular weight excluding hydrogens is 278 g/mol. The summed E-state index contributed by atoms with van der Waals surface area (Å²) in [5, 5.41) is 3.14. The third-order valence-corrected chi connectivity index (χ3v) is 4.12. The van der Waals surface area contributed by atoms with Crippen molar-refractivity contribution in [2.75, 3.05) is 25.1 Å². The Morgan fingerprint density at radius 2 is 1.95 bits per heavy atom. The Labute approximate surface area is 132 Å². The summed E-state index contributed by atoms with van der Waals surface area (Å²) in [6.45, 7) is 8.13. The minimum atomic E-state index is 0.391. The van der Waals surface area contributed by atoms with Crippen LogP contribution in [0.15, 0.2) is 23.2 Å². The van der Waals surface area contributed by atoms with Crippen molar-refractivity contribution in [3.8, 4) is 11.5 Å². The third kappa shape index (κ3) is 4.29. The number of aliphatic imine (C=N–C) groups is 1. The van der Waals surface area contributed by atoms with Crippen molar-refractivity contribution >= 4 is 11.6 Å². The second-order valence-electron chi connectivity index (χ2n) is 5.70. The Morgan fingerprint density at radius 1 is 1.23 bits per heavy atom. The molecule has 0 atom stereocenters. The molecule has 1 fully saturated rings. The van der Waals surface area contributed by atoms with Crippen LogP contribution in [0.3, 0.4) is 0 Å². The highest BCUT2D eigenvalue weighted by molar-refractivity contribution is 5.94. The first-order valence-corrected chi connectivity index (χ1v) is 8.09. The fourth-order valence-corrected chi connectivity index (χ4v) is 2.38. The Balaban J connectivity index is 2.08. The molecular formula is C17H27N3O2. The van der Waals surface area contributed by atoms with Gasteiger partial charge in [0.15, 0.2) is 5.96 Å². The van der Waals surface area contributed by atoms with Gasteiger partial charge in [0, 0.05) is 12.6 Å². The van der Waals surface area contributed by atoms with Crippen LogP contribution in [0, 0.1) is 5.41 Å². The quantitative estimate of drug-likeness (QED) is 0.570. The van der Waals surface area contributed by atoms with Crippen LogP contribution in [-0.2, 0) is 0 Å². The molecule has 0 heterocycles. The van der Waals surface area contributed by atoms with Gasteiger partial charge in [-0.3, -0.25) is 4.99 Å². The van der Waals surface area contributed by atoms with Gasteiger partial charge in [-0.05, 0) is 50.7 Å². The number of guanidine groups is 1. The number of anilines is 1. The van der Waals surface area contributed by atoms with E-state index in [1.807, 2.05) is 32.0 Å². The zero-order valence-corrected chi connectivity index (χ0v) is 13.8. The first-order valence-electron chi connectivity index (χ1n) is 8.09. The third-order valence-electron chi connectivity index (χ3n) is 4.12. The van der Waals surface area contributed by atoms with Crippen LogP contribution < -0.4 is 20.5 Å². The van der Waals surface area contributed by atoms with E-state index < -0.39 is 0 Å². The van der Waals surface area contributed by atoms with E-state index in [0.29, 0.717) is 24.6 Å². The van der Waals surface area contributed by atoms with Gasteiger partial charge in [-0.2, -0.15) is 0 Å². The van der Waals surface area contributed by atoms with E-state index in [9.17, 15) is 0 Å². The molecule has 1 aliphatic rings. The molecule has 22 heavy (non-hydrogen) atoms. The van der Waals surface area contributed by atoms with E-state index in [1.54, 1.807) is 0 Å². The highest BCUT2D eigenvalue weighted by Gasteiger charge is 2.40. The first kappa shape index (κ1) is 16.5. The van der Waals surface area contributed by atoms with Crippen molar-refractivity contribution in [1.29, 1.82) is 0 Å². The van der Waals surface area contributed by atoms with E-state index >= 15 is 0 Å². The normalized spacial score (nSPS) is 16.2. The molecule has 122 valence electrons. The lowest BCUT2D eigenvalue weighted by Gasteiger charge is -2.14. The maximum Gasteiger partial charge on any atom is 0.193 e. The highest BCUT2D eigenvalue weighted by atomic mass is 16.5. The van der Waals surface area contributed by atoms with Crippen LogP contribution in [0.25, 0.3) is 0 Å². The first-order chi connectivity index (χ1) is 10.6. The molecule has 0 unspecified atom stereocenters. The van der Waals surface area contributed by atoms with Crippen molar-refractivity contribution in [1.82, 2.24) is 0 Å². The van der Waals surface area contributed by atoms with Crippen molar-refractivity contribution in [2.45, 2.75) is 40.0 Å². The van der Waals surface area contributed by atoms with Gasteiger partial charge in [-0.15, -0.1) is 0 Å². The monoisotopic (exact) mass is 305 g/mol. The number of hydrogen-bond acceptors (Lipinski definition) is 3. The lowest BCUT2D eigenvalue weighted by molar-refractivity contribution is 0.332. The van der Waals surface area contributed by atoms with Gasteiger partial charge in [0.2, 0.25) is 0 Å². The zero-order valence-electron chi connectivity index (χ0n) is 13.8. The molecule has 0 amide bonds. The standard InChI is InChI=1S/C17H27N3O2/c1-4-17(9-10-17)12-19-16(18)20-14-11-13(21-5-2)7-8-15(14)22-6-3/h7-8,11H,4-6,9-10,12H2,1-3H3,(H3,18,19,20). The van der Waals surface area contributed by atoms with Gasteiger partial charge in [-0.25, -0.2) is 0 Å². The van der Waals surface area contributed by atoms with E-state index in [1.165, 1.54) is 12.8 Å². The van der Waals surface area contributed by atoms with Crippen LogP contribution in [0.5, 0.6) is 11.5 Å². The van der Waals surface area contributed by atoms with E-state index in [2.05, 4.69) is 17.2 Å². The summed E-state index contributed by atoms with van der Waals surface area (Å²) in [4.78, 5) is 4.49. The average Bonchev–Trinajstić information content (AvgIpc) is 3.29. The molecule has 0 aromatic heterocycles. The number of benzene rings is 1. The number of rotatable bonds is 8. The number of nitrogens with zero attached hydrogens (tertiary/aromatic N) is 1. The maximum atomic E-state index is 6.03. The summed E-state index contributed by atoms with van der Waals surface area (Å²) >= 11 is 0. The summed E-state index contributed by atoms with van der Waals surface area (Å²) in [6.07, 6.45) is 3.67. The summed E-state index contributed by atoms with van der Waals surface area (Å²) in [5.74, 6) is 1.96. The topological polar surface area (TPSA) is 68.9 Å². The minimum absolute atomic E-state index is 0.391. The van der Waals surface area contributed by atoms with Crippen LogP contribution in [-0.4, -0.2) is 25.7 Å². The van der Waals surface area contributed by atoms with E-state index in [-0.39, 0.29) is 0 Å². The van der Waals surface area contributed by atoms with Gasteiger partial charge in [0.1, 0.15) is 11.5 Å². The fraction of sp³-hybridized carbons (Fsp3) is 0.588. The van der Waals surface area contributed by atoms with Crippen molar-refractivity contribution in [3.05, 3.63) is 18.2 Å². The summed E-state index contributed by atoms with van der Waals surface area (Å²) in [7, 11) is 0. The lowest BCUT2D eigenvalue weighted by Crippen LogP contribution is -2.24. The molecule has 1 aromatic carbocycles. The summed E-state index contributed by atoms with van der Waals surface area (Å²) in [6, 6.07) is 5.67. The molecule has 2 rings (SSSR count). The molecule has 0 saturated heterocycles. The lowest BCUT2D eigenvalue weighted by atomic mass is 10.1. The molecule has 1 saturated carbocycles. The second kappa shape index (κ2) is 7.38. The van der Waals surface area contributed by atoms with Gasteiger partial charge in [0.25, 0.3) is 0 Å². The highest BCUT2D eigenvalue weighted by Crippen LogP contribution is 2.48. The molecule has 0 spiro atoms. The number of nitrogens with two attached hydrogens (primary N) is 1. The molecule has 3 N–H and O–H groups in total. The van der Waals surface area contributed by atoms with E-state index in [0.717, 1.165) is 30.2 Å². The van der Waals surface area contributed by atoms with Crippen LogP contribution in [0.2, 0.25) is 0 Å². The van der Waals surface area contributed by atoms with Gasteiger partial charge in [0.05, 0.1) is 18.9 Å². The predicted molar refractivity (Wildman–Crippen MR) is 90.9 cm³/mol. The van der Waals surface area contributed by atoms with Crippen LogP contribution >= 0.6 is 0 Å². The van der Waals surface area contributed by atoms with Crippen molar-refractivity contribution in [2.24, 2.45) is 16.1 Å². The summed E-state index contributed by atoms with van der Waals surface area (Å²) < 4.78 is 11.1. The molecule has 1 aliphatic carbocycles. The summed E-state index contributed by atoms with van der Waals surface area (Å²) in [5.41, 5.74) is 7.21. The average molecular weight is 305 g/mol. The van der Waals surface area contributed by atoms with Crippen LogP contribution in [0.4, 0.5) is 5.69 Å². The smallest absolute Gasteiger partial charge is 0.193 e. The largest absolute Gasteiger partial charge is 0.494 e. The van der Waals surface area contributed by atoms with Crippen LogP contribution in [0.1, 0.15) is 40.0 Å². The Hall–Kier alpha value is -1.91. The Bertz CT molecular complexity index is 525. The SMILES string of the molecule is CCOc1ccc(OCC)c(NC(N)=NCC2(CC)CC2)c1. The molecule has 0 bridgehead atoms. The second-order valence-corrected chi connectivity index (χ2v) is 5.70. The van der Waals surface area contributed by atoms with Gasteiger partial charge in [-0.1, -0.05) is 6.92 Å². The Morgan fingerprint density at radius 3 is 2.55 bits per heavy atom. The molecule has 0 radical (unpaired) electrons. The minimum Gasteiger partial charge on any atom is -0.494 e. The van der Waals surface area contributed by atoms with Gasteiger partial charge < -0.3 is 20.5 Å². The molecule has 0 aliphatic heterocycles. The Kier molecular flexibility index (Phi) is 5.52. The van der Waals surface area contributed by atoms with Gasteiger partial charge >= 0.3 is 0 Å². The zero-order chi connectivity index (χ0) is 16.0. The number of hydrogen-bond donors (Lipinski definition) is 2. The fourth-order valence-electron chi connectivity index (χ4n) is 2.38. The van der Waals surface area contributed by atoms with E-state index in [4.69, 9.17) is 15.2 Å². The molecule has 1 aromatic rings. The maximum absolute atomic E-state index is 6.03. The van der Waals surface area contributed by atoms with Crippen molar-refractivity contribution < 1.29 is 9.47 Å².